The molecule has 0 aliphatic rings. The molecular weight excluding hydrogens is 345 g/mol. The van der Waals surface area contributed by atoms with Gasteiger partial charge >= 0.3 is 64.5 Å². The zero-order valence-electron chi connectivity index (χ0n) is 3.65. The molecule has 0 aromatic carbocycles. The van der Waals surface area contributed by atoms with Crippen LogP contribution in [0.25, 0.3) is 0 Å². The van der Waals surface area contributed by atoms with E-state index >= 15 is 0 Å². The summed E-state index contributed by atoms with van der Waals surface area (Å²) in [4.78, 5) is 0. The van der Waals surface area contributed by atoms with Gasteiger partial charge in [-0.05, 0) is 0 Å². The topological polar surface area (TPSA) is 160 Å². The third-order valence-corrected chi connectivity index (χ3v) is 0. The van der Waals surface area contributed by atoms with Crippen LogP contribution in [0.4, 0.5) is 0 Å². The van der Waals surface area contributed by atoms with Gasteiger partial charge in [-0.3, -0.25) is 0 Å². The van der Waals surface area contributed by atoms with Crippen LogP contribution in [0.2, 0.25) is 0 Å². The van der Waals surface area contributed by atoms with E-state index in [1.807, 2.05) is 0 Å². The van der Waals surface area contributed by atoms with E-state index in [1.165, 1.54) is 0 Å². The van der Waals surface area contributed by atoms with Crippen molar-refractivity contribution in [1.82, 2.24) is 0 Å². The van der Waals surface area contributed by atoms with Crippen molar-refractivity contribution in [3.05, 3.63) is 0 Å². The number of hydrogen-bond donors (Lipinski definition) is 0. The van der Waals surface area contributed by atoms with Gasteiger partial charge in [-0.15, -0.1) is 0 Å². The van der Waals surface area contributed by atoms with Crippen molar-refractivity contribution in [2.75, 3.05) is 0 Å². The second-order valence-electron chi connectivity index (χ2n) is 0. The molecule has 9 heteroatoms. The molecule has 0 heterocycles. The molecule has 0 saturated carbocycles. The minimum absolute atomic E-state index is 0. The Labute approximate surface area is 91.3 Å². The Hall–Kier alpha value is 1.60. The third-order valence-electron chi connectivity index (χ3n) is 0. The summed E-state index contributed by atoms with van der Waals surface area (Å²) in [5, 5.41) is 0. The molecule has 9 heavy (non-hydrogen) atoms. The van der Waals surface area contributed by atoms with Gasteiger partial charge in [0, 0.05) is 0 Å². The Balaban J connectivity index is -0.000000000238. The summed E-state index contributed by atoms with van der Waals surface area (Å²) < 4.78 is 7.81. The van der Waals surface area contributed by atoms with Crippen molar-refractivity contribution in [3.8, 4) is 0 Å². The summed E-state index contributed by atoms with van der Waals surface area (Å²) >= 11 is 2.94. The summed E-state index contributed by atoms with van der Waals surface area (Å²) in [7, 11) is 0. The van der Waals surface area contributed by atoms with Gasteiger partial charge in [0.25, 0.3) is 0 Å². The maximum absolute atomic E-state index is 7.81. The van der Waals surface area contributed by atoms with Crippen LogP contribution >= 0.6 is 0 Å². The van der Waals surface area contributed by atoms with E-state index in [4.69, 9.17) is 3.83 Å². The fourth-order valence-corrected chi connectivity index (χ4v) is 0. The van der Waals surface area contributed by atoms with Gasteiger partial charge in [-0.2, -0.15) is 0 Å². The molecule has 0 unspecified atom stereocenters. The Morgan fingerprint density at radius 3 is 0.556 bits per heavy atom. The second kappa shape index (κ2) is 277. The predicted octanol–water partition coefficient (Wildman–Crippen LogP) is -0.720. The van der Waals surface area contributed by atoms with Gasteiger partial charge in [-0.25, -0.2) is 0 Å². The van der Waals surface area contributed by atoms with Gasteiger partial charge in [0.15, 0.2) is 0 Å². The molecule has 0 spiro atoms. The molecule has 57 valence electrons. The molecule has 0 aromatic rings. The van der Waals surface area contributed by atoms with Gasteiger partial charge in [-0.1, -0.05) is 0 Å². The molecule has 0 amide bonds. The molecule has 0 bridgehead atoms. The summed E-state index contributed by atoms with van der Waals surface area (Å²) in [5.41, 5.74) is 0. The van der Waals surface area contributed by atoms with E-state index in [9.17, 15) is 0 Å². The minimum atomic E-state index is 0. The van der Waals surface area contributed by atoms with Crippen molar-refractivity contribution in [2.24, 2.45) is 0 Å². The quantitative estimate of drug-likeness (QED) is 0.521. The van der Waals surface area contributed by atoms with E-state index in [-0.39, 0.29) is 72.1 Å². The van der Waals surface area contributed by atoms with E-state index in [1.54, 1.807) is 0 Å². The van der Waals surface area contributed by atoms with Crippen molar-refractivity contribution < 1.29 is 91.9 Å². The molecule has 0 aliphatic heterocycles. The normalized spacial score (nSPS) is 0.667. The van der Waals surface area contributed by atoms with Gasteiger partial charge in [0.1, 0.15) is 0 Å². The molecule has 0 rings (SSSR count). The van der Waals surface area contributed by atoms with E-state index < -0.39 is 0 Å². The monoisotopic (exact) mass is 345 g/mol. The Bertz CT molecular complexity index is 11.0. The Kier molecular flexibility index (Phi) is 4450. The zero-order valence-corrected chi connectivity index (χ0v) is 8.98. The average molecular weight is 345 g/mol. The molecule has 0 aliphatic carbocycles. The fraction of sp³-hybridized carbons (Fsp3) is 0. The molecule has 0 atom stereocenters. The van der Waals surface area contributed by atoms with Crippen LogP contribution in [-0.4, -0.2) is 0 Å². The van der Waals surface area contributed by atoms with Crippen molar-refractivity contribution >= 4 is 0 Å². The SMILES string of the molecule is [Nb+5].[Nb+5].[O-2].[O-2].[O-2].[O-2].[O-2].[O]=[Cu]. The first kappa shape index (κ1) is 145. The molecule has 0 N–H and O–H groups in total. The van der Waals surface area contributed by atoms with Crippen molar-refractivity contribution in [1.29, 1.82) is 0 Å². The third kappa shape index (κ3) is 217. The summed E-state index contributed by atoms with van der Waals surface area (Å²) in [6, 6.07) is 0. The van der Waals surface area contributed by atoms with Gasteiger partial charge in [0.05, 0.1) is 0 Å². The fourth-order valence-electron chi connectivity index (χ4n) is 0. The molecule has 0 aromatic heterocycles. The number of rotatable bonds is 0. The van der Waals surface area contributed by atoms with Crippen LogP contribution in [0.3, 0.4) is 0 Å². The van der Waals surface area contributed by atoms with Crippen LogP contribution in [0.5, 0.6) is 0 Å². The second-order valence-corrected chi connectivity index (χ2v) is 0. The first-order chi connectivity index (χ1) is 1.00. The van der Waals surface area contributed by atoms with E-state index in [2.05, 4.69) is 15.9 Å². The molecule has 0 saturated heterocycles. The van der Waals surface area contributed by atoms with Crippen molar-refractivity contribution in [2.45, 2.75) is 0 Å². The van der Waals surface area contributed by atoms with Gasteiger partial charge in [0.2, 0.25) is 0 Å². The first-order valence-corrected chi connectivity index (χ1v) is 0.508. The standard InChI is InChI=1S/Cu.2Nb.6O/q;2*+5;;5*-2. The van der Waals surface area contributed by atoms with Crippen LogP contribution < -0.4 is 0 Å². The van der Waals surface area contributed by atoms with Gasteiger partial charge < -0.3 is 27.4 Å². The van der Waals surface area contributed by atoms with Crippen LogP contribution in [0.1, 0.15) is 0 Å². The molecule has 6 nitrogen and oxygen atoms in total. The van der Waals surface area contributed by atoms with Crippen LogP contribution in [0.15, 0.2) is 0 Å². The molecule has 0 fully saturated rings. The first-order valence-electron chi connectivity index (χ1n) is 0.123. The Morgan fingerprint density at radius 1 is 0.556 bits per heavy atom. The van der Waals surface area contributed by atoms with Crippen LogP contribution in [-0.2, 0) is 91.9 Å². The van der Waals surface area contributed by atoms with E-state index in [0.29, 0.717) is 0 Å². The van der Waals surface area contributed by atoms with Crippen LogP contribution in [0, 0.1) is 0 Å². The zero-order chi connectivity index (χ0) is 2.00. The molecular formula is CuNb2O6. The summed E-state index contributed by atoms with van der Waals surface area (Å²) in [6.45, 7) is 0. The van der Waals surface area contributed by atoms with E-state index in [0.717, 1.165) is 0 Å². The Morgan fingerprint density at radius 2 is 0.556 bits per heavy atom. The van der Waals surface area contributed by atoms with Crippen molar-refractivity contribution in [3.63, 3.8) is 0 Å². The molecule has 0 radical (unpaired) electrons. The average Bonchev–Trinajstić information content (AvgIpc) is 1.00. The summed E-state index contributed by atoms with van der Waals surface area (Å²) in [5.74, 6) is 0. The maximum atomic E-state index is 7.81. The predicted molar refractivity (Wildman–Crippen MR) is 4.12 cm³/mol. The number of hydrogen-bond acceptors (Lipinski definition) is 1. The summed E-state index contributed by atoms with van der Waals surface area (Å²) in [6.07, 6.45) is 0.